The van der Waals surface area contributed by atoms with Crippen molar-refractivity contribution in [2.75, 3.05) is 13.2 Å². The van der Waals surface area contributed by atoms with Gasteiger partial charge < -0.3 is 14.2 Å². The highest BCUT2D eigenvalue weighted by molar-refractivity contribution is 5.77. The van der Waals surface area contributed by atoms with Gasteiger partial charge in [0, 0.05) is 11.1 Å². The zero-order chi connectivity index (χ0) is 17.8. The summed E-state index contributed by atoms with van der Waals surface area (Å²) in [5.41, 5.74) is 1.55. The van der Waals surface area contributed by atoms with Crippen molar-refractivity contribution in [1.82, 2.24) is 0 Å². The summed E-state index contributed by atoms with van der Waals surface area (Å²) in [4.78, 5) is 0. The predicted octanol–water partition coefficient (Wildman–Crippen LogP) is 5.49. The lowest BCUT2D eigenvalue weighted by atomic mass is 9.96. The second-order valence-corrected chi connectivity index (χ2v) is 6.00. The van der Waals surface area contributed by atoms with Crippen LogP contribution in [0.2, 0.25) is 0 Å². The largest absolute Gasteiger partial charge is 0.491 e. The molecule has 0 unspecified atom stereocenters. The van der Waals surface area contributed by atoms with Crippen LogP contribution in [0.25, 0.3) is 11.1 Å². The highest BCUT2D eigenvalue weighted by Gasteiger charge is 2.26. The fourth-order valence-electron chi connectivity index (χ4n) is 2.79. The Labute approximate surface area is 146 Å². The van der Waals surface area contributed by atoms with Gasteiger partial charge in [-0.25, -0.2) is 4.39 Å². The van der Waals surface area contributed by atoms with E-state index in [9.17, 15) is 8.78 Å². The van der Waals surface area contributed by atoms with E-state index in [-0.39, 0.29) is 23.9 Å². The number of rotatable bonds is 7. The summed E-state index contributed by atoms with van der Waals surface area (Å²) in [6.07, 6.45) is 2.62. The van der Waals surface area contributed by atoms with Crippen molar-refractivity contribution in [2.45, 2.75) is 39.7 Å². The molecule has 0 bridgehead atoms. The SMILES string of the molecule is CCCCOc1ccc2c(c1F)OCc1c-2ccc(OCCC)c1F. The van der Waals surface area contributed by atoms with Crippen molar-refractivity contribution in [3.8, 4) is 28.4 Å². The quantitative estimate of drug-likeness (QED) is 0.619. The van der Waals surface area contributed by atoms with Crippen LogP contribution in [0.5, 0.6) is 17.2 Å². The molecule has 1 heterocycles. The highest BCUT2D eigenvalue weighted by Crippen LogP contribution is 2.44. The van der Waals surface area contributed by atoms with Crippen LogP contribution in [0.3, 0.4) is 0 Å². The molecular formula is C20H22F2O3. The average Bonchev–Trinajstić information content (AvgIpc) is 2.63. The number of hydrogen-bond acceptors (Lipinski definition) is 3. The van der Waals surface area contributed by atoms with Crippen LogP contribution in [0.15, 0.2) is 24.3 Å². The number of hydrogen-bond donors (Lipinski definition) is 0. The summed E-state index contributed by atoms with van der Waals surface area (Å²) in [5.74, 6) is -0.499. The molecule has 5 heteroatoms. The maximum Gasteiger partial charge on any atom is 0.207 e. The molecule has 0 spiro atoms. The third kappa shape index (κ3) is 3.41. The van der Waals surface area contributed by atoms with Crippen molar-refractivity contribution >= 4 is 0 Å². The lowest BCUT2D eigenvalue weighted by Gasteiger charge is -2.23. The number of unbranched alkanes of at least 4 members (excludes halogenated alkanes) is 1. The van der Waals surface area contributed by atoms with E-state index in [4.69, 9.17) is 14.2 Å². The Balaban J connectivity index is 1.94. The van der Waals surface area contributed by atoms with Crippen LogP contribution in [-0.4, -0.2) is 13.2 Å². The Hall–Kier alpha value is -2.30. The van der Waals surface area contributed by atoms with E-state index in [1.54, 1.807) is 24.3 Å². The van der Waals surface area contributed by atoms with Gasteiger partial charge in [0.1, 0.15) is 6.61 Å². The first-order valence-corrected chi connectivity index (χ1v) is 8.70. The maximum atomic E-state index is 14.7. The zero-order valence-electron chi connectivity index (χ0n) is 14.5. The second kappa shape index (κ2) is 7.72. The lowest BCUT2D eigenvalue weighted by Crippen LogP contribution is -2.11. The van der Waals surface area contributed by atoms with Gasteiger partial charge in [0.25, 0.3) is 0 Å². The van der Waals surface area contributed by atoms with Crippen LogP contribution in [0, 0.1) is 11.6 Å². The van der Waals surface area contributed by atoms with Crippen molar-refractivity contribution < 1.29 is 23.0 Å². The van der Waals surface area contributed by atoms with Gasteiger partial charge in [-0.1, -0.05) is 20.3 Å². The standard InChI is InChI=1S/C20H22F2O3/c1-3-5-11-24-17-9-7-14-13-6-8-16(23-10-4-2)18(21)15(13)12-25-20(14)19(17)22/h6-9H,3-5,10-12H2,1-2H3. The second-order valence-electron chi connectivity index (χ2n) is 6.00. The molecule has 0 aliphatic carbocycles. The van der Waals surface area contributed by atoms with Gasteiger partial charge >= 0.3 is 0 Å². The molecule has 3 rings (SSSR count). The van der Waals surface area contributed by atoms with Crippen LogP contribution in [-0.2, 0) is 6.61 Å². The van der Waals surface area contributed by atoms with E-state index >= 15 is 0 Å². The molecule has 0 N–H and O–H groups in total. The maximum absolute atomic E-state index is 14.7. The summed E-state index contributed by atoms with van der Waals surface area (Å²) in [6, 6.07) is 6.62. The van der Waals surface area contributed by atoms with Crippen molar-refractivity contribution in [1.29, 1.82) is 0 Å². The monoisotopic (exact) mass is 348 g/mol. The van der Waals surface area contributed by atoms with Crippen molar-refractivity contribution in [3.63, 3.8) is 0 Å². The van der Waals surface area contributed by atoms with Gasteiger partial charge in [-0.3, -0.25) is 0 Å². The zero-order valence-corrected chi connectivity index (χ0v) is 14.5. The normalized spacial score (nSPS) is 12.2. The number of fused-ring (bicyclic) bond motifs is 3. The molecule has 1 aliphatic heterocycles. The van der Waals surface area contributed by atoms with Gasteiger partial charge in [0.05, 0.1) is 13.2 Å². The minimum absolute atomic E-state index is 0.0349. The molecule has 0 amide bonds. The van der Waals surface area contributed by atoms with E-state index < -0.39 is 11.6 Å². The van der Waals surface area contributed by atoms with Crippen LogP contribution < -0.4 is 14.2 Å². The molecule has 0 fully saturated rings. The lowest BCUT2D eigenvalue weighted by molar-refractivity contribution is 0.256. The highest BCUT2D eigenvalue weighted by atomic mass is 19.1. The fourth-order valence-corrected chi connectivity index (χ4v) is 2.79. The summed E-state index contributed by atoms with van der Waals surface area (Å²) >= 11 is 0. The Morgan fingerprint density at radius 1 is 0.880 bits per heavy atom. The van der Waals surface area contributed by atoms with Crippen LogP contribution >= 0.6 is 0 Å². The van der Waals surface area contributed by atoms with Gasteiger partial charge in [-0.2, -0.15) is 4.39 Å². The third-order valence-corrected chi connectivity index (χ3v) is 4.14. The first kappa shape index (κ1) is 17.5. The van der Waals surface area contributed by atoms with Gasteiger partial charge in [0.15, 0.2) is 23.1 Å². The molecule has 0 radical (unpaired) electrons. The summed E-state index contributed by atoms with van der Waals surface area (Å²) in [6.45, 7) is 4.86. The molecule has 2 aromatic carbocycles. The third-order valence-electron chi connectivity index (χ3n) is 4.14. The Morgan fingerprint density at radius 2 is 1.56 bits per heavy atom. The molecule has 0 saturated heterocycles. The first-order valence-electron chi connectivity index (χ1n) is 8.70. The van der Waals surface area contributed by atoms with Crippen LogP contribution in [0.1, 0.15) is 38.7 Å². The van der Waals surface area contributed by atoms with E-state index in [0.717, 1.165) is 19.3 Å². The Morgan fingerprint density at radius 3 is 2.28 bits per heavy atom. The van der Waals surface area contributed by atoms with Gasteiger partial charge in [-0.05, 0) is 42.7 Å². The Kier molecular flexibility index (Phi) is 5.41. The van der Waals surface area contributed by atoms with E-state index in [2.05, 4.69) is 0 Å². The van der Waals surface area contributed by atoms with Crippen molar-refractivity contribution in [2.24, 2.45) is 0 Å². The molecule has 1 aliphatic rings. The van der Waals surface area contributed by atoms with Crippen molar-refractivity contribution in [3.05, 3.63) is 41.5 Å². The minimum Gasteiger partial charge on any atom is -0.491 e. The molecule has 2 aromatic rings. The van der Waals surface area contributed by atoms with E-state index in [1.165, 1.54) is 0 Å². The molecule has 3 nitrogen and oxygen atoms in total. The number of ether oxygens (including phenoxy) is 3. The first-order chi connectivity index (χ1) is 12.2. The fraction of sp³-hybridized carbons (Fsp3) is 0.400. The van der Waals surface area contributed by atoms with E-state index in [1.807, 2.05) is 13.8 Å². The number of halogens is 2. The van der Waals surface area contributed by atoms with Gasteiger partial charge in [-0.15, -0.1) is 0 Å². The summed E-state index contributed by atoms with van der Waals surface area (Å²) < 4.78 is 45.7. The Bertz CT molecular complexity index is 759. The summed E-state index contributed by atoms with van der Waals surface area (Å²) in [5, 5.41) is 0. The van der Waals surface area contributed by atoms with E-state index in [0.29, 0.717) is 29.9 Å². The van der Waals surface area contributed by atoms with Crippen LogP contribution in [0.4, 0.5) is 8.78 Å². The minimum atomic E-state index is -0.536. The van der Waals surface area contributed by atoms with Gasteiger partial charge in [0.2, 0.25) is 5.82 Å². The topological polar surface area (TPSA) is 27.7 Å². The molecule has 134 valence electrons. The number of benzene rings is 2. The molecular weight excluding hydrogens is 326 g/mol. The average molecular weight is 348 g/mol. The smallest absolute Gasteiger partial charge is 0.207 e. The molecule has 0 saturated carbocycles. The summed E-state index contributed by atoms with van der Waals surface area (Å²) in [7, 11) is 0. The molecule has 0 aromatic heterocycles. The predicted molar refractivity (Wildman–Crippen MR) is 92.3 cm³/mol. The molecule has 25 heavy (non-hydrogen) atoms. The molecule has 0 atom stereocenters.